The van der Waals surface area contributed by atoms with Gasteiger partial charge in [0, 0.05) is 25.1 Å². The van der Waals surface area contributed by atoms with Crippen LogP contribution < -0.4 is 5.32 Å². The second-order valence-corrected chi connectivity index (χ2v) is 5.07. The molecule has 1 aromatic heterocycles. The van der Waals surface area contributed by atoms with E-state index >= 15 is 0 Å². The van der Waals surface area contributed by atoms with Crippen molar-refractivity contribution in [3.05, 3.63) is 36.2 Å². The number of carbonyl (C=O) groups excluding carboxylic acids is 1. The molecule has 21 heavy (non-hydrogen) atoms. The lowest BCUT2D eigenvalue weighted by Crippen LogP contribution is -2.32. The van der Waals surface area contributed by atoms with E-state index in [1.165, 1.54) is 0 Å². The van der Waals surface area contributed by atoms with Gasteiger partial charge in [-0.3, -0.25) is 9.89 Å². The Bertz CT molecular complexity index is 591. The first kappa shape index (κ1) is 13.8. The zero-order valence-electron chi connectivity index (χ0n) is 11.7. The molecule has 0 aliphatic carbocycles. The van der Waals surface area contributed by atoms with Gasteiger partial charge in [-0.05, 0) is 6.42 Å². The minimum absolute atomic E-state index is 0.000365. The largest absolute Gasteiger partial charge is 0.381 e. The molecule has 1 fully saturated rings. The summed E-state index contributed by atoms with van der Waals surface area (Å²) >= 11 is 0. The number of ether oxygens (including phenoxy) is 1. The maximum Gasteiger partial charge on any atom is 0.225 e. The molecule has 1 saturated heterocycles. The predicted octanol–water partition coefficient (Wildman–Crippen LogP) is 1.17. The van der Waals surface area contributed by atoms with Gasteiger partial charge in [-0.2, -0.15) is 5.10 Å². The Morgan fingerprint density at radius 3 is 3.00 bits per heavy atom. The van der Waals surface area contributed by atoms with E-state index in [4.69, 9.17) is 4.74 Å². The molecule has 2 heterocycles. The van der Waals surface area contributed by atoms with Gasteiger partial charge >= 0.3 is 0 Å². The number of hydrogen-bond acceptors (Lipinski definition) is 4. The molecule has 2 N–H and O–H groups in total. The summed E-state index contributed by atoms with van der Waals surface area (Å²) in [6.45, 7) is 1.77. The third-order valence-corrected chi connectivity index (χ3v) is 3.53. The number of carbonyl (C=O) groups is 1. The summed E-state index contributed by atoms with van der Waals surface area (Å²) in [5.41, 5.74) is 0.979. The number of aromatic amines is 1. The number of amides is 1. The zero-order valence-corrected chi connectivity index (χ0v) is 11.7. The summed E-state index contributed by atoms with van der Waals surface area (Å²) in [5, 5.41) is 10.0. The summed E-state index contributed by atoms with van der Waals surface area (Å²) in [7, 11) is 0. The number of aromatic nitrogens is 3. The Morgan fingerprint density at radius 2 is 2.24 bits per heavy atom. The fourth-order valence-electron chi connectivity index (χ4n) is 2.31. The quantitative estimate of drug-likeness (QED) is 0.864. The van der Waals surface area contributed by atoms with E-state index in [0.29, 0.717) is 32.0 Å². The van der Waals surface area contributed by atoms with Crippen LogP contribution in [0.1, 0.15) is 12.2 Å². The van der Waals surface area contributed by atoms with Gasteiger partial charge in [0.15, 0.2) is 5.82 Å². The molecule has 110 valence electrons. The van der Waals surface area contributed by atoms with Crippen LogP contribution in [0.15, 0.2) is 30.3 Å². The average molecular weight is 286 g/mol. The van der Waals surface area contributed by atoms with Crippen molar-refractivity contribution in [2.45, 2.75) is 12.8 Å². The molecule has 1 aliphatic heterocycles. The van der Waals surface area contributed by atoms with Crippen molar-refractivity contribution >= 4 is 5.91 Å². The molecule has 3 rings (SSSR count). The van der Waals surface area contributed by atoms with Gasteiger partial charge < -0.3 is 10.1 Å². The molecule has 1 unspecified atom stereocenters. The fraction of sp³-hybridized carbons (Fsp3) is 0.400. The number of rotatable bonds is 5. The van der Waals surface area contributed by atoms with Gasteiger partial charge in [-0.15, -0.1) is 0 Å². The smallest absolute Gasteiger partial charge is 0.225 e. The number of nitrogens with one attached hydrogen (secondary N) is 2. The molecule has 1 atom stereocenters. The van der Waals surface area contributed by atoms with Gasteiger partial charge in [0.05, 0.1) is 12.5 Å². The van der Waals surface area contributed by atoms with Crippen LogP contribution in [0.3, 0.4) is 0 Å². The molecule has 0 radical (unpaired) electrons. The first-order valence-electron chi connectivity index (χ1n) is 7.15. The fourth-order valence-corrected chi connectivity index (χ4v) is 2.31. The van der Waals surface area contributed by atoms with Crippen LogP contribution in [0.2, 0.25) is 0 Å². The van der Waals surface area contributed by atoms with Crippen LogP contribution in [-0.2, 0) is 16.0 Å². The van der Waals surface area contributed by atoms with Crippen LogP contribution in [0.4, 0.5) is 0 Å². The van der Waals surface area contributed by atoms with Crippen molar-refractivity contribution in [3.8, 4) is 11.4 Å². The Morgan fingerprint density at radius 1 is 1.38 bits per heavy atom. The summed E-state index contributed by atoms with van der Waals surface area (Å²) in [6, 6.07) is 9.80. The van der Waals surface area contributed by atoms with Crippen LogP contribution in [-0.4, -0.2) is 40.8 Å². The molecule has 2 aromatic rings. The molecule has 0 saturated carbocycles. The maximum atomic E-state index is 11.8. The average Bonchev–Trinajstić information content (AvgIpc) is 3.20. The van der Waals surface area contributed by atoms with E-state index in [0.717, 1.165) is 17.8 Å². The summed E-state index contributed by atoms with van der Waals surface area (Å²) < 4.78 is 5.21. The highest BCUT2D eigenvalue weighted by Crippen LogP contribution is 2.14. The molecular weight excluding hydrogens is 268 g/mol. The van der Waals surface area contributed by atoms with Gasteiger partial charge in [-0.1, -0.05) is 30.3 Å². The van der Waals surface area contributed by atoms with Crippen molar-refractivity contribution in [3.63, 3.8) is 0 Å². The maximum absolute atomic E-state index is 11.8. The monoisotopic (exact) mass is 286 g/mol. The molecule has 1 amide bonds. The topological polar surface area (TPSA) is 79.9 Å². The van der Waals surface area contributed by atoms with E-state index in [1.54, 1.807) is 0 Å². The lowest BCUT2D eigenvalue weighted by atomic mass is 10.1. The molecular formula is C15H18N4O2. The number of benzene rings is 1. The van der Waals surface area contributed by atoms with Crippen molar-refractivity contribution in [1.29, 1.82) is 0 Å². The summed E-state index contributed by atoms with van der Waals surface area (Å²) in [6.07, 6.45) is 1.45. The van der Waals surface area contributed by atoms with E-state index < -0.39 is 0 Å². The standard InChI is InChI=1S/C15H18N4O2/c20-15(12-7-9-21-10-12)16-8-6-13-17-14(19-18-13)11-4-2-1-3-5-11/h1-5,12H,6-10H2,(H,16,20)(H,17,18,19). The molecule has 0 spiro atoms. The lowest BCUT2D eigenvalue weighted by molar-refractivity contribution is -0.124. The van der Waals surface area contributed by atoms with E-state index in [-0.39, 0.29) is 11.8 Å². The Kier molecular flexibility index (Phi) is 4.25. The minimum atomic E-state index is -0.000365. The van der Waals surface area contributed by atoms with E-state index in [9.17, 15) is 4.79 Å². The highest BCUT2D eigenvalue weighted by atomic mass is 16.5. The van der Waals surface area contributed by atoms with Gasteiger partial charge in [0.1, 0.15) is 5.82 Å². The van der Waals surface area contributed by atoms with Crippen molar-refractivity contribution < 1.29 is 9.53 Å². The van der Waals surface area contributed by atoms with Crippen LogP contribution in [0.25, 0.3) is 11.4 Å². The van der Waals surface area contributed by atoms with Gasteiger partial charge in [-0.25, -0.2) is 4.98 Å². The molecule has 6 heteroatoms. The van der Waals surface area contributed by atoms with Crippen molar-refractivity contribution in [1.82, 2.24) is 20.5 Å². The molecule has 1 aliphatic rings. The van der Waals surface area contributed by atoms with Crippen LogP contribution in [0.5, 0.6) is 0 Å². The number of nitrogens with zero attached hydrogens (tertiary/aromatic N) is 2. The second kappa shape index (κ2) is 6.49. The van der Waals surface area contributed by atoms with Crippen LogP contribution in [0, 0.1) is 5.92 Å². The highest BCUT2D eigenvalue weighted by molar-refractivity contribution is 5.78. The van der Waals surface area contributed by atoms with Crippen molar-refractivity contribution in [2.75, 3.05) is 19.8 Å². The van der Waals surface area contributed by atoms with E-state index in [1.807, 2.05) is 30.3 Å². The van der Waals surface area contributed by atoms with Gasteiger partial charge in [0.2, 0.25) is 5.91 Å². The molecule has 1 aromatic carbocycles. The molecule has 6 nitrogen and oxygen atoms in total. The first-order valence-corrected chi connectivity index (χ1v) is 7.15. The zero-order chi connectivity index (χ0) is 14.5. The predicted molar refractivity (Wildman–Crippen MR) is 77.5 cm³/mol. The van der Waals surface area contributed by atoms with Crippen molar-refractivity contribution in [2.24, 2.45) is 5.92 Å². The summed E-state index contributed by atoms with van der Waals surface area (Å²) in [5.74, 6) is 1.52. The Labute approximate surface area is 122 Å². The Balaban J connectivity index is 1.50. The SMILES string of the molecule is O=C(NCCc1nc(-c2ccccc2)n[nH]1)C1CCOC1. The third kappa shape index (κ3) is 3.46. The second-order valence-electron chi connectivity index (χ2n) is 5.07. The summed E-state index contributed by atoms with van der Waals surface area (Å²) in [4.78, 5) is 16.3. The number of hydrogen-bond donors (Lipinski definition) is 2. The minimum Gasteiger partial charge on any atom is -0.381 e. The Hall–Kier alpha value is -2.21. The van der Waals surface area contributed by atoms with Crippen LogP contribution >= 0.6 is 0 Å². The third-order valence-electron chi connectivity index (χ3n) is 3.53. The normalized spacial score (nSPS) is 17.8. The highest BCUT2D eigenvalue weighted by Gasteiger charge is 2.22. The van der Waals surface area contributed by atoms with Gasteiger partial charge in [0.25, 0.3) is 0 Å². The number of H-pyrrole nitrogens is 1. The first-order chi connectivity index (χ1) is 10.3. The lowest BCUT2D eigenvalue weighted by Gasteiger charge is -2.07. The molecule has 0 bridgehead atoms. The van der Waals surface area contributed by atoms with E-state index in [2.05, 4.69) is 20.5 Å².